The van der Waals surface area contributed by atoms with Crippen LogP contribution in [0.5, 0.6) is 5.75 Å². The minimum Gasteiger partial charge on any atom is -0.403 e. The van der Waals surface area contributed by atoms with Crippen LogP contribution in [0.2, 0.25) is 0 Å². The molecule has 0 saturated heterocycles. The second kappa shape index (κ2) is 4.69. The smallest absolute Gasteiger partial charge is 0.403 e. The summed E-state index contributed by atoms with van der Waals surface area (Å²) in [6.45, 7) is 0. The molecule has 0 amide bonds. The lowest BCUT2D eigenvalue weighted by Gasteiger charge is -2.10. The molecule has 0 unspecified atom stereocenters. The molecule has 1 aromatic carbocycles. The summed E-state index contributed by atoms with van der Waals surface area (Å²) in [4.78, 5) is 11.0. The molecule has 0 spiro atoms. The highest BCUT2D eigenvalue weighted by Crippen LogP contribution is 2.27. The van der Waals surface area contributed by atoms with E-state index in [1.807, 2.05) is 0 Å². The summed E-state index contributed by atoms with van der Waals surface area (Å²) in [5.41, 5.74) is -0.531. The fraction of sp³-hybridized carbons (Fsp3) is 0.222. The molecule has 0 fully saturated rings. The Balaban J connectivity index is 3.09. The third-order valence-electron chi connectivity index (χ3n) is 1.61. The van der Waals surface area contributed by atoms with Crippen LogP contribution in [-0.2, 0) is 0 Å². The topological polar surface area (TPSA) is 26.3 Å². The highest BCUT2D eigenvalue weighted by atomic mass is 35.5. The molecule has 0 aliphatic heterocycles. The van der Waals surface area contributed by atoms with Gasteiger partial charge in [-0.25, -0.2) is 4.39 Å². The van der Waals surface area contributed by atoms with E-state index in [1.165, 1.54) is 0 Å². The second-order valence-corrected chi connectivity index (χ2v) is 2.99. The van der Waals surface area contributed by atoms with E-state index in [2.05, 4.69) is 4.74 Å². The van der Waals surface area contributed by atoms with Crippen molar-refractivity contribution >= 4 is 17.4 Å². The van der Waals surface area contributed by atoms with E-state index in [0.717, 1.165) is 18.2 Å². The van der Waals surface area contributed by atoms with Crippen molar-refractivity contribution in [2.75, 3.05) is 5.88 Å². The van der Waals surface area contributed by atoms with Crippen molar-refractivity contribution in [2.45, 2.75) is 6.36 Å². The molecule has 0 saturated carbocycles. The molecule has 0 aromatic heterocycles. The molecule has 0 bridgehead atoms. The zero-order valence-electron chi connectivity index (χ0n) is 7.65. The number of carbonyl (C=O) groups excluding carboxylic acids is 1. The Kier molecular flexibility index (Phi) is 3.74. The monoisotopic (exact) mass is 256 g/mol. The van der Waals surface area contributed by atoms with Crippen molar-refractivity contribution in [1.82, 2.24) is 0 Å². The SMILES string of the molecule is O=C(CCl)c1cccc(OC(F)(F)F)c1F. The number of carbonyl (C=O) groups is 1. The number of Topliss-reactive ketones (excluding diaryl/α,β-unsaturated/α-hetero) is 1. The number of ketones is 1. The van der Waals surface area contributed by atoms with Gasteiger partial charge in [0.1, 0.15) is 0 Å². The zero-order valence-corrected chi connectivity index (χ0v) is 8.40. The molecule has 0 radical (unpaired) electrons. The molecular weight excluding hydrogens is 252 g/mol. The molecule has 0 heterocycles. The van der Waals surface area contributed by atoms with Crippen molar-refractivity contribution in [3.05, 3.63) is 29.6 Å². The lowest BCUT2D eigenvalue weighted by atomic mass is 10.1. The van der Waals surface area contributed by atoms with Crippen LogP contribution in [0.1, 0.15) is 10.4 Å². The Morgan fingerprint density at radius 3 is 2.50 bits per heavy atom. The number of ether oxygens (including phenoxy) is 1. The Morgan fingerprint density at radius 1 is 1.38 bits per heavy atom. The minimum atomic E-state index is -5.01. The second-order valence-electron chi connectivity index (χ2n) is 2.72. The first kappa shape index (κ1) is 12.8. The summed E-state index contributed by atoms with van der Waals surface area (Å²) >= 11 is 5.16. The highest BCUT2D eigenvalue weighted by Gasteiger charge is 2.33. The summed E-state index contributed by atoms with van der Waals surface area (Å²) in [5.74, 6) is -3.76. The van der Waals surface area contributed by atoms with Crippen LogP contribution in [0.3, 0.4) is 0 Å². The maximum absolute atomic E-state index is 13.3. The Bertz CT molecular complexity index is 403. The maximum atomic E-state index is 13.3. The van der Waals surface area contributed by atoms with E-state index >= 15 is 0 Å². The van der Waals surface area contributed by atoms with E-state index < -0.39 is 35.2 Å². The van der Waals surface area contributed by atoms with Gasteiger partial charge in [-0.2, -0.15) is 0 Å². The van der Waals surface area contributed by atoms with Gasteiger partial charge in [-0.15, -0.1) is 24.8 Å². The van der Waals surface area contributed by atoms with Gasteiger partial charge in [0.25, 0.3) is 0 Å². The summed E-state index contributed by atoms with van der Waals surface area (Å²) in [7, 11) is 0. The lowest BCUT2D eigenvalue weighted by molar-refractivity contribution is -0.275. The molecule has 2 nitrogen and oxygen atoms in total. The largest absolute Gasteiger partial charge is 0.573 e. The Hall–Kier alpha value is -1.30. The van der Waals surface area contributed by atoms with Crippen molar-refractivity contribution < 1.29 is 27.1 Å². The number of alkyl halides is 4. The molecule has 88 valence electrons. The van der Waals surface area contributed by atoms with Crippen LogP contribution in [0, 0.1) is 5.82 Å². The summed E-state index contributed by atoms with van der Waals surface area (Å²) in [5, 5.41) is 0. The van der Waals surface area contributed by atoms with Crippen LogP contribution in [-0.4, -0.2) is 18.0 Å². The molecule has 0 atom stereocenters. The van der Waals surface area contributed by atoms with E-state index in [4.69, 9.17) is 11.6 Å². The average Bonchev–Trinajstić information content (AvgIpc) is 2.18. The van der Waals surface area contributed by atoms with Crippen molar-refractivity contribution in [2.24, 2.45) is 0 Å². The Morgan fingerprint density at radius 2 is 2.00 bits per heavy atom. The third kappa shape index (κ3) is 3.10. The van der Waals surface area contributed by atoms with Crippen LogP contribution < -0.4 is 4.74 Å². The fourth-order valence-electron chi connectivity index (χ4n) is 1.00. The van der Waals surface area contributed by atoms with E-state index in [1.54, 1.807) is 0 Å². The molecule has 1 rings (SSSR count). The van der Waals surface area contributed by atoms with Gasteiger partial charge in [0, 0.05) is 0 Å². The summed E-state index contributed by atoms with van der Waals surface area (Å²) in [6.07, 6.45) is -5.01. The predicted octanol–water partition coefficient (Wildman–Crippen LogP) is 3.15. The number of hydrogen-bond donors (Lipinski definition) is 0. The lowest BCUT2D eigenvalue weighted by Crippen LogP contribution is -2.18. The predicted molar refractivity (Wildman–Crippen MR) is 48.1 cm³/mol. The Labute approximate surface area is 92.8 Å². The van der Waals surface area contributed by atoms with Gasteiger partial charge in [0.05, 0.1) is 11.4 Å². The fourth-order valence-corrected chi connectivity index (χ4v) is 1.15. The first-order chi connectivity index (χ1) is 7.35. The third-order valence-corrected chi connectivity index (χ3v) is 1.85. The zero-order chi connectivity index (χ0) is 12.3. The first-order valence-corrected chi connectivity index (χ1v) is 4.52. The van der Waals surface area contributed by atoms with Crippen LogP contribution in [0.15, 0.2) is 18.2 Å². The summed E-state index contributed by atoms with van der Waals surface area (Å²) < 4.78 is 52.2. The first-order valence-electron chi connectivity index (χ1n) is 3.98. The minimum absolute atomic E-state index is 0.521. The van der Waals surface area contributed by atoms with Crippen LogP contribution >= 0.6 is 11.6 Å². The van der Waals surface area contributed by atoms with Crippen molar-refractivity contribution in [3.8, 4) is 5.75 Å². The van der Waals surface area contributed by atoms with Gasteiger partial charge >= 0.3 is 6.36 Å². The van der Waals surface area contributed by atoms with Gasteiger partial charge in [-0.3, -0.25) is 4.79 Å². The number of benzene rings is 1. The average molecular weight is 257 g/mol. The van der Waals surface area contributed by atoms with Gasteiger partial charge in [-0.1, -0.05) is 6.07 Å². The molecule has 0 aliphatic rings. The number of hydrogen-bond acceptors (Lipinski definition) is 2. The van der Waals surface area contributed by atoms with Gasteiger partial charge in [-0.05, 0) is 12.1 Å². The molecular formula is C9H5ClF4O2. The molecule has 16 heavy (non-hydrogen) atoms. The van der Waals surface area contributed by atoms with E-state index in [9.17, 15) is 22.4 Å². The maximum Gasteiger partial charge on any atom is 0.573 e. The number of halogens is 5. The van der Waals surface area contributed by atoms with Gasteiger partial charge in [0.2, 0.25) is 0 Å². The quantitative estimate of drug-likeness (QED) is 0.472. The van der Waals surface area contributed by atoms with Crippen LogP contribution in [0.4, 0.5) is 17.6 Å². The van der Waals surface area contributed by atoms with Crippen LogP contribution in [0.25, 0.3) is 0 Å². The standard InChI is InChI=1S/C9H5ClF4O2/c10-4-6(15)5-2-1-3-7(8(5)11)16-9(12,13)14/h1-3H,4H2. The van der Waals surface area contributed by atoms with E-state index in [-0.39, 0.29) is 0 Å². The normalized spacial score (nSPS) is 11.3. The highest BCUT2D eigenvalue weighted by molar-refractivity contribution is 6.30. The van der Waals surface area contributed by atoms with Gasteiger partial charge < -0.3 is 4.74 Å². The van der Waals surface area contributed by atoms with E-state index in [0.29, 0.717) is 0 Å². The molecule has 1 aromatic rings. The summed E-state index contributed by atoms with van der Waals surface area (Å²) in [6, 6.07) is 2.88. The molecule has 0 N–H and O–H groups in total. The molecule has 0 aliphatic carbocycles. The van der Waals surface area contributed by atoms with Gasteiger partial charge in [0.15, 0.2) is 17.3 Å². The van der Waals surface area contributed by atoms with Crippen molar-refractivity contribution in [3.63, 3.8) is 0 Å². The number of rotatable bonds is 3. The van der Waals surface area contributed by atoms with Crippen molar-refractivity contribution in [1.29, 1.82) is 0 Å². The molecule has 7 heteroatoms.